The first-order valence-electron chi connectivity index (χ1n) is 5.37. The SMILES string of the molecule is CC(CCl)C(C)Nc1nccc2sccc12. The molecule has 0 radical (unpaired) electrons. The third-order valence-corrected chi connectivity index (χ3v) is 4.21. The Morgan fingerprint density at radius 2 is 2.25 bits per heavy atom. The molecule has 0 aliphatic carbocycles. The number of nitrogens with zero attached hydrogens (tertiary/aromatic N) is 1. The highest BCUT2D eigenvalue weighted by molar-refractivity contribution is 7.17. The molecule has 0 saturated carbocycles. The van der Waals surface area contributed by atoms with Crippen LogP contribution in [-0.4, -0.2) is 16.9 Å². The summed E-state index contributed by atoms with van der Waals surface area (Å²) in [4.78, 5) is 4.39. The first-order valence-corrected chi connectivity index (χ1v) is 6.78. The highest BCUT2D eigenvalue weighted by Crippen LogP contribution is 2.26. The van der Waals surface area contributed by atoms with Gasteiger partial charge in [0.25, 0.3) is 0 Å². The highest BCUT2D eigenvalue weighted by atomic mass is 35.5. The molecule has 2 rings (SSSR count). The third-order valence-electron chi connectivity index (χ3n) is 2.84. The van der Waals surface area contributed by atoms with Crippen molar-refractivity contribution in [2.24, 2.45) is 5.92 Å². The molecular formula is C12H15ClN2S. The molecule has 2 heterocycles. The number of alkyl halides is 1. The van der Waals surface area contributed by atoms with E-state index in [1.807, 2.05) is 12.3 Å². The third kappa shape index (κ3) is 2.30. The Labute approximate surface area is 105 Å². The van der Waals surface area contributed by atoms with Crippen LogP contribution in [-0.2, 0) is 0 Å². The van der Waals surface area contributed by atoms with E-state index in [0.29, 0.717) is 17.8 Å². The fraction of sp³-hybridized carbons (Fsp3) is 0.417. The molecule has 0 aromatic carbocycles. The predicted molar refractivity (Wildman–Crippen MR) is 72.6 cm³/mol. The lowest BCUT2D eigenvalue weighted by molar-refractivity contribution is 0.565. The van der Waals surface area contributed by atoms with E-state index in [2.05, 4.69) is 35.6 Å². The van der Waals surface area contributed by atoms with Gasteiger partial charge >= 0.3 is 0 Å². The van der Waals surface area contributed by atoms with E-state index in [9.17, 15) is 0 Å². The Kier molecular flexibility index (Phi) is 3.66. The lowest BCUT2D eigenvalue weighted by atomic mass is 10.1. The van der Waals surface area contributed by atoms with Gasteiger partial charge in [0.15, 0.2) is 0 Å². The molecule has 2 unspecified atom stereocenters. The minimum atomic E-state index is 0.329. The van der Waals surface area contributed by atoms with Crippen LogP contribution in [0.1, 0.15) is 13.8 Å². The summed E-state index contributed by atoms with van der Waals surface area (Å²) in [7, 11) is 0. The number of anilines is 1. The van der Waals surface area contributed by atoms with Crippen LogP contribution >= 0.6 is 22.9 Å². The first kappa shape index (κ1) is 11.7. The molecule has 0 aliphatic rings. The van der Waals surface area contributed by atoms with Gasteiger partial charge in [-0.05, 0) is 30.4 Å². The van der Waals surface area contributed by atoms with Gasteiger partial charge in [0.05, 0.1) is 0 Å². The summed E-state index contributed by atoms with van der Waals surface area (Å²) in [6.45, 7) is 4.28. The quantitative estimate of drug-likeness (QED) is 0.835. The van der Waals surface area contributed by atoms with Crippen LogP contribution in [0.3, 0.4) is 0 Å². The van der Waals surface area contributed by atoms with E-state index in [1.165, 1.54) is 10.1 Å². The number of rotatable bonds is 4. The molecule has 0 aliphatic heterocycles. The smallest absolute Gasteiger partial charge is 0.134 e. The Hall–Kier alpha value is -0.800. The first-order chi connectivity index (χ1) is 7.72. The Bertz CT molecular complexity index is 469. The minimum Gasteiger partial charge on any atom is -0.367 e. The minimum absolute atomic E-state index is 0.329. The van der Waals surface area contributed by atoms with Crippen molar-refractivity contribution >= 4 is 38.8 Å². The molecule has 0 saturated heterocycles. The second-order valence-electron chi connectivity index (χ2n) is 4.06. The van der Waals surface area contributed by atoms with E-state index >= 15 is 0 Å². The van der Waals surface area contributed by atoms with Gasteiger partial charge in [-0.15, -0.1) is 22.9 Å². The van der Waals surface area contributed by atoms with Gasteiger partial charge in [-0.3, -0.25) is 0 Å². The maximum atomic E-state index is 5.85. The molecule has 0 bridgehead atoms. The number of hydrogen-bond acceptors (Lipinski definition) is 3. The summed E-state index contributed by atoms with van der Waals surface area (Å²) in [5.41, 5.74) is 0. The number of fused-ring (bicyclic) bond motifs is 1. The van der Waals surface area contributed by atoms with Gasteiger partial charge in [0, 0.05) is 28.2 Å². The van der Waals surface area contributed by atoms with Gasteiger partial charge in [-0.2, -0.15) is 0 Å². The second kappa shape index (κ2) is 5.02. The van der Waals surface area contributed by atoms with Gasteiger partial charge in [-0.1, -0.05) is 6.92 Å². The van der Waals surface area contributed by atoms with Gasteiger partial charge < -0.3 is 5.32 Å². The molecule has 16 heavy (non-hydrogen) atoms. The van der Waals surface area contributed by atoms with E-state index < -0.39 is 0 Å². The van der Waals surface area contributed by atoms with Crippen LogP contribution in [0.25, 0.3) is 10.1 Å². The lowest BCUT2D eigenvalue weighted by Crippen LogP contribution is -2.25. The van der Waals surface area contributed by atoms with Crippen molar-refractivity contribution in [2.45, 2.75) is 19.9 Å². The van der Waals surface area contributed by atoms with E-state index in [0.717, 1.165) is 5.82 Å². The normalized spacial score (nSPS) is 14.9. The second-order valence-corrected chi connectivity index (χ2v) is 5.31. The molecule has 0 amide bonds. The zero-order chi connectivity index (χ0) is 11.5. The molecule has 4 heteroatoms. The van der Waals surface area contributed by atoms with E-state index in [1.54, 1.807) is 11.3 Å². The van der Waals surface area contributed by atoms with Crippen LogP contribution in [0.15, 0.2) is 23.7 Å². The molecule has 86 valence electrons. The predicted octanol–water partition coefficient (Wildman–Crippen LogP) is 3.97. The average molecular weight is 255 g/mol. The largest absolute Gasteiger partial charge is 0.367 e. The van der Waals surface area contributed by atoms with Crippen LogP contribution in [0, 0.1) is 5.92 Å². The summed E-state index contributed by atoms with van der Waals surface area (Å²) in [5, 5.41) is 6.72. The number of hydrogen-bond donors (Lipinski definition) is 1. The van der Waals surface area contributed by atoms with Crippen LogP contribution in [0.5, 0.6) is 0 Å². The lowest BCUT2D eigenvalue weighted by Gasteiger charge is -2.20. The van der Waals surface area contributed by atoms with E-state index in [-0.39, 0.29) is 0 Å². The molecule has 2 aromatic rings. The number of nitrogens with one attached hydrogen (secondary N) is 1. The van der Waals surface area contributed by atoms with E-state index in [4.69, 9.17) is 11.6 Å². The van der Waals surface area contributed by atoms with Crippen LogP contribution in [0.2, 0.25) is 0 Å². The number of aromatic nitrogens is 1. The van der Waals surface area contributed by atoms with Gasteiger partial charge in [-0.25, -0.2) is 4.98 Å². The molecule has 2 aromatic heterocycles. The van der Waals surface area contributed by atoms with Crippen LogP contribution < -0.4 is 5.32 Å². The van der Waals surface area contributed by atoms with Crippen molar-refractivity contribution in [2.75, 3.05) is 11.2 Å². The van der Waals surface area contributed by atoms with Crippen molar-refractivity contribution < 1.29 is 0 Å². The van der Waals surface area contributed by atoms with Crippen molar-refractivity contribution in [3.05, 3.63) is 23.7 Å². The zero-order valence-electron chi connectivity index (χ0n) is 9.40. The van der Waals surface area contributed by atoms with Crippen molar-refractivity contribution in [1.29, 1.82) is 0 Å². The molecule has 0 fully saturated rings. The van der Waals surface area contributed by atoms with Crippen molar-refractivity contribution in [3.63, 3.8) is 0 Å². The fourth-order valence-corrected chi connectivity index (χ4v) is 2.55. The molecule has 2 atom stereocenters. The summed E-state index contributed by atoms with van der Waals surface area (Å²) in [6, 6.07) is 4.48. The monoisotopic (exact) mass is 254 g/mol. The van der Waals surface area contributed by atoms with Gasteiger partial charge in [0.1, 0.15) is 5.82 Å². The maximum Gasteiger partial charge on any atom is 0.134 e. The Balaban J connectivity index is 2.23. The highest BCUT2D eigenvalue weighted by Gasteiger charge is 2.12. The Morgan fingerprint density at radius 1 is 1.44 bits per heavy atom. The topological polar surface area (TPSA) is 24.9 Å². The molecule has 2 nitrogen and oxygen atoms in total. The molecule has 0 spiro atoms. The summed E-state index contributed by atoms with van der Waals surface area (Å²) >= 11 is 7.59. The van der Waals surface area contributed by atoms with Gasteiger partial charge in [0.2, 0.25) is 0 Å². The summed E-state index contributed by atoms with van der Waals surface area (Å²) < 4.78 is 1.27. The fourth-order valence-electron chi connectivity index (χ4n) is 1.50. The van der Waals surface area contributed by atoms with Crippen molar-refractivity contribution in [3.8, 4) is 0 Å². The molecule has 1 N–H and O–H groups in total. The molecular weight excluding hydrogens is 240 g/mol. The number of thiophene rings is 1. The standard InChI is InChI=1S/C12H15ClN2S/c1-8(7-13)9(2)15-12-10-4-6-16-11(10)3-5-14-12/h3-6,8-9H,7H2,1-2H3,(H,14,15). The summed E-state index contributed by atoms with van der Waals surface area (Å²) in [5.74, 6) is 2.05. The summed E-state index contributed by atoms with van der Waals surface area (Å²) in [6.07, 6.45) is 1.85. The van der Waals surface area contributed by atoms with Crippen LogP contribution in [0.4, 0.5) is 5.82 Å². The number of pyridine rings is 1. The average Bonchev–Trinajstić information content (AvgIpc) is 2.77. The van der Waals surface area contributed by atoms with Crippen molar-refractivity contribution in [1.82, 2.24) is 4.98 Å². The maximum absolute atomic E-state index is 5.85. The number of halogens is 1. The zero-order valence-corrected chi connectivity index (χ0v) is 11.0. The Morgan fingerprint density at radius 3 is 3.00 bits per heavy atom.